The van der Waals surface area contributed by atoms with E-state index in [9.17, 15) is 5.11 Å². The summed E-state index contributed by atoms with van der Waals surface area (Å²) >= 11 is 0. The van der Waals surface area contributed by atoms with Crippen molar-refractivity contribution in [3.63, 3.8) is 0 Å². The molecule has 0 amide bonds. The Bertz CT molecular complexity index is 715. The summed E-state index contributed by atoms with van der Waals surface area (Å²) in [6.45, 7) is 11.8. The van der Waals surface area contributed by atoms with Gasteiger partial charge in [0.1, 0.15) is 0 Å². The van der Waals surface area contributed by atoms with Crippen LogP contribution in [0.5, 0.6) is 0 Å². The molecule has 3 saturated carbocycles. The third kappa shape index (κ3) is 2.43. The molecule has 2 aliphatic heterocycles. The Morgan fingerprint density at radius 3 is 2.62 bits per heavy atom. The topological polar surface area (TPSA) is 23.5 Å². The highest BCUT2D eigenvalue weighted by Crippen LogP contribution is 2.69. The van der Waals surface area contributed by atoms with Crippen LogP contribution < -0.4 is 0 Å². The van der Waals surface area contributed by atoms with E-state index in [2.05, 4.69) is 38.7 Å². The zero-order valence-electron chi connectivity index (χ0n) is 19.2. The molecule has 5 fully saturated rings. The molecule has 2 nitrogen and oxygen atoms in total. The fourth-order valence-corrected chi connectivity index (χ4v) is 10.3. The first-order chi connectivity index (χ1) is 13.8. The van der Waals surface area contributed by atoms with Gasteiger partial charge < -0.3 is 5.11 Å². The fraction of sp³-hybridized carbons (Fsp3) is 0.926. The van der Waals surface area contributed by atoms with Gasteiger partial charge in [-0.1, -0.05) is 39.3 Å². The lowest BCUT2D eigenvalue weighted by molar-refractivity contribution is -0.0313. The first-order valence-corrected chi connectivity index (χ1v) is 13.0. The highest BCUT2D eigenvalue weighted by molar-refractivity contribution is 5.26. The molecule has 2 heteroatoms. The van der Waals surface area contributed by atoms with Crippen molar-refractivity contribution in [2.75, 3.05) is 6.54 Å². The van der Waals surface area contributed by atoms with E-state index in [0.29, 0.717) is 10.8 Å². The fourth-order valence-electron chi connectivity index (χ4n) is 10.3. The minimum Gasteiger partial charge on any atom is -0.393 e. The van der Waals surface area contributed by atoms with E-state index in [1.807, 2.05) is 0 Å². The minimum atomic E-state index is -0.0779. The summed E-state index contributed by atoms with van der Waals surface area (Å²) in [4.78, 5) is 3.02. The van der Waals surface area contributed by atoms with Gasteiger partial charge in [-0.05, 0) is 104 Å². The Balaban J connectivity index is 1.32. The summed E-state index contributed by atoms with van der Waals surface area (Å²) < 4.78 is 0. The predicted molar refractivity (Wildman–Crippen MR) is 118 cm³/mol. The number of piperidine rings is 1. The molecule has 29 heavy (non-hydrogen) atoms. The monoisotopic (exact) mass is 397 g/mol. The van der Waals surface area contributed by atoms with Crippen molar-refractivity contribution in [2.24, 2.45) is 46.3 Å². The number of hydrogen-bond acceptors (Lipinski definition) is 2. The molecule has 0 aromatic carbocycles. The second-order valence-corrected chi connectivity index (χ2v) is 12.8. The first-order valence-electron chi connectivity index (χ1n) is 13.0. The summed E-state index contributed by atoms with van der Waals surface area (Å²) in [5.74, 6) is 5.46. The van der Waals surface area contributed by atoms with Gasteiger partial charge in [-0.15, -0.1) is 0 Å². The molecule has 0 spiro atoms. The van der Waals surface area contributed by atoms with Crippen molar-refractivity contribution in [3.8, 4) is 0 Å². The molecule has 162 valence electrons. The number of allylic oxidation sites excluding steroid dienone is 1. The summed E-state index contributed by atoms with van der Waals surface area (Å²) in [5, 5.41) is 10.3. The van der Waals surface area contributed by atoms with Gasteiger partial charge >= 0.3 is 0 Å². The van der Waals surface area contributed by atoms with Gasteiger partial charge in [-0.25, -0.2) is 0 Å². The largest absolute Gasteiger partial charge is 0.393 e. The van der Waals surface area contributed by atoms with Crippen molar-refractivity contribution in [1.29, 1.82) is 0 Å². The van der Waals surface area contributed by atoms with Gasteiger partial charge in [-0.3, -0.25) is 4.90 Å². The maximum absolute atomic E-state index is 10.3. The SMILES string of the molecule is C[C@H]1CC[C@@H]2[C@@H](C)[C@]3(C)[C@@H]4CC[C@@H]5[C@@H](CC=C6C[C@@H](O)CC[C@]65C)[C@@H]4C[C@@H]3N2C1. The van der Waals surface area contributed by atoms with Crippen LogP contribution in [0.2, 0.25) is 0 Å². The highest BCUT2D eigenvalue weighted by Gasteiger charge is 2.67. The highest BCUT2D eigenvalue weighted by atomic mass is 16.3. The average Bonchev–Trinajstić information content (AvgIpc) is 3.11. The van der Waals surface area contributed by atoms with Crippen LogP contribution >= 0.6 is 0 Å². The van der Waals surface area contributed by atoms with E-state index in [-0.39, 0.29) is 6.10 Å². The van der Waals surface area contributed by atoms with E-state index >= 15 is 0 Å². The van der Waals surface area contributed by atoms with Gasteiger partial charge in [-0.2, -0.15) is 0 Å². The summed E-state index contributed by atoms with van der Waals surface area (Å²) in [5.41, 5.74) is 2.57. The molecule has 0 bridgehead atoms. The molecule has 6 aliphatic rings. The number of aliphatic hydroxyl groups excluding tert-OH is 1. The molecule has 0 aromatic rings. The van der Waals surface area contributed by atoms with E-state index in [1.165, 1.54) is 51.5 Å². The van der Waals surface area contributed by atoms with Crippen LogP contribution in [-0.4, -0.2) is 34.7 Å². The molecule has 0 aromatic heterocycles. The Morgan fingerprint density at radius 2 is 1.79 bits per heavy atom. The molecule has 2 heterocycles. The number of fused-ring (bicyclic) bond motifs is 9. The maximum Gasteiger partial charge on any atom is 0.0577 e. The molecule has 6 rings (SSSR count). The van der Waals surface area contributed by atoms with Gasteiger partial charge in [0.2, 0.25) is 0 Å². The molecule has 1 N–H and O–H groups in total. The van der Waals surface area contributed by atoms with Crippen molar-refractivity contribution >= 4 is 0 Å². The minimum absolute atomic E-state index is 0.0779. The van der Waals surface area contributed by atoms with Crippen LogP contribution in [0.15, 0.2) is 11.6 Å². The predicted octanol–water partition coefficient (Wildman–Crippen LogP) is 5.66. The molecular weight excluding hydrogens is 354 g/mol. The third-order valence-electron chi connectivity index (χ3n) is 11.9. The van der Waals surface area contributed by atoms with Crippen LogP contribution in [-0.2, 0) is 0 Å². The van der Waals surface area contributed by atoms with Crippen LogP contribution in [0, 0.1) is 46.3 Å². The Morgan fingerprint density at radius 1 is 1.00 bits per heavy atom. The Labute approximate surface area is 178 Å². The average molecular weight is 398 g/mol. The van der Waals surface area contributed by atoms with Crippen LogP contribution in [0.1, 0.15) is 85.5 Å². The normalized spacial score (nSPS) is 59.2. The van der Waals surface area contributed by atoms with Crippen molar-refractivity contribution in [1.82, 2.24) is 4.90 Å². The molecule has 11 atom stereocenters. The van der Waals surface area contributed by atoms with Crippen LogP contribution in [0.4, 0.5) is 0 Å². The Kier molecular flexibility index (Phi) is 4.23. The van der Waals surface area contributed by atoms with Gasteiger partial charge in [0.05, 0.1) is 6.10 Å². The van der Waals surface area contributed by atoms with Gasteiger partial charge in [0.15, 0.2) is 0 Å². The van der Waals surface area contributed by atoms with Crippen molar-refractivity contribution in [3.05, 3.63) is 11.6 Å². The van der Waals surface area contributed by atoms with Crippen molar-refractivity contribution < 1.29 is 5.11 Å². The number of rotatable bonds is 0. The van der Waals surface area contributed by atoms with E-state index in [1.54, 1.807) is 5.57 Å². The Hall–Kier alpha value is -0.340. The molecule has 4 aliphatic carbocycles. The molecule has 0 radical (unpaired) electrons. The van der Waals surface area contributed by atoms with Gasteiger partial charge in [0.25, 0.3) is 0 Å². The first kappa shape index (κ1) is 19.4. The standard InChI is InChI=1S/C27H43NO/c1-16-5-10-24-17(2)27(4)23-9-8-22-20(21(23)14-25(27)28(24)15-16)7-6-18-13-19(29)11-12-26(18,22)3/h6,16-17,19-25,29H,5,7-15H2,1-4H3/t16-,17+,19-,20-,21-,22+,23+,24+,25-,26+,27+/m0/s1. The number of nitrogens with zero attached hydrogens (tertiary/aromatic N) is 1. The smallest absolute Gasteiger partial charge is 0.0577 e. The lowest BCUT2D eigenvalue weighted by Crippen LogP contribution is -2.49. The van der Waals surface area contributed by atoms with Crippen LogP contribution in [0.3, 0.4) is 0 Å². The summed E-state index contributed by atoms with van der Waals surface area (Å²) in [6.07, 6.45) is 14.4. The second-order valence-electron chi connectivity index (χ2n) is 12.8. The zero-order valence-corrected chi connectivity index (χ0v) is 19.2. The van der Waals surface area contributed by atoms with E-state index < -0.39 is 0 Å². The third-order valence-corrected chi connectivity index (χ3v) is 11.9. The lowest BCUT2D eigenvalue weighted by Gasteiger charge is -2.56. The quantitative estimate of drug-likeness (QED) is 0.534. The summed E-state index contributed by atoms with van der Waals surface area (Å²) in [6, 6.07) is 1.72. The molecule has 0 unspecified atom stereocenters. The summed E-state index contributed by atoms with van der Waals surface area (Å²) in [7, 11) is 0. The number of aliphatic hydroxyl groups is 1. The van der Waals surface area contributed by atoms with Crippen LogP contribution in [0.25, 0.3) is 0 Å². The second kappa shape index (κ2) is 6.35. The molecular formula is C27H43NO. The van der Waals surface area contributed by atoms with Crippen molar-refractivity contribution in [2.45, 2.75) is 104 Å². The zero-order chi connectivity index (χ0) is 20.1. The van der Waals surface area contributed by atoms with E-state index in [4.69, 9.17) is 0 Å². The number of hydrogen-bond donors (Lipinski definition) is 1. The molecule has 2 saturated heterocycles. The maximum atomic E-state index is 10.3. The van der Waals surface area contributed by atoms with Gasteiger partial charge in [0, 0.05) is 18.6 Å². The van der Waals surface area contributed by atoms with E-state index in [0.717, 1.165) is 60.4 Å². The lowest BCUT2D eigenvalue weighted by atomic mass is 9.49.